The maximum absolute atomic E-state index is 10.6. The number of ether oxygens (including phenoxy) is 3. The number of carboxylic acid groups (broad SMARTS) is 1. The zero-order valence-electron chi connectivity index (χ0n) is 10.9. The van der Waals surface area contributed by atoms with Crippen LogP contribution in [-0.4, -0.2) is 73.6 Å². The Labute approximate surface area is 112 Å². The molecule has 112 valence electrons. The van der Waals surface area contributed by atoms with Gasteiger partial charge in [-0.1, -0.05) is 6.58 Å². The van der Waals surface area contributed by atoms with Gasteiger partial charge in [0.25, 0.3) is 0 Å². The summed E-state index contributed by atoms with van der Waals surface area (Å²) in [6.45, 7) is 4.70. The van der Waals surface area contributed by atoms with Crippen LogP contribution in [0.1, 0.15) is 6.42 Å². The lowest BCUT2D eigenvalue weighted by Crippen LogP contribution is -2.22. The van der Waals surface area contributed by atoms with E-state index in [9.17, 15) is 4.79 Å². The minimum absolute atomic E-state index is 0.00243. The first-order chi connectivity index (χ1) is 9.11. The normalized spacial score (nSPS) is 12.3. The lowest BCUT2D eigenvalue weighted by molar-refractivity contribution is -0.133. The van der Waals surface area contributed by atoms with Crippen molar-refractivity contribution in [3.05, 3.63) is 12.2 Å². The molecule has 0 aromatic carbocycles. The Hall–Kier alpha value is -0.990. The van der Waals surface area contributed by atoms with Gasteiger partial charge in [-0.25, -0.2) is 4.79 Å². The topological polar surface area (TPSA) is 105 Å². The molecule has 0 heterocycles. The Kier molecular flexibility index (Phi) is 11.4. The molecule has 0 rings (SSSR count). The van der Waals surface area contributed by atoms with E-state index in [4.69, 9.17) is 29.5 Å². The first kappa shape index (κ1) is 18.0. The summed E-state index contributed by atoms with van der Waals surface area (Å²) in [4.78, 5) is 10.6. The van der Waals surface area contributed by atoms with Crippen molar-refractivity contribution in [2.24, 2.45) is 0 Å². The Morgan fingerprint density at radius 1 is 1.05 bits per heavy atom. The molecule has 7 heteroatoms. The van der Waals surface area contributed by atoms with Gasteiger partial charge >= 0.3 is 5.97 Å². The molecule has 0 amide bonds. The highest BCUT2D eigenvalue weighted by atomic mass is 16.5. The molecule has 0 aliphatic heterocycles. The Morgan fingerprint density at radius 2 is 1.63 bits per heavy atom. The van der Waals surface area contributed by atoms with Crippen molar-refractivity contribution in [3.8, 4) is 0 Å². The van der Waals surface area contributed by atoms with E-state index in [2.05, 4.69) is 6.58 Å². The van der Waals surface area contributed by atoms with Crippen LogP contribution in [0.4, 0.5) is 0 Å². The molecule has 0 saturated carbocycles. The minimum Gasteiger partial charge on any atom is -0.478 e. The van der Waals surface area contributed by atoms with Gasteiger partial charge < -0.3 is 29.5 Å². The van der Waals surface area contributed by atoms with E-state index in [0.29, 0.717) is 19.8 Å². The third-order valence-corrected chi connectivity index (χ3v) is 2.17. The largest absolute Gasteiger partial charge is 0.478 e. The fourth-order valence-corrected chi connectivity index (χ4v) is 1.20. The summed E-state index contributed by atoms with van der Waals surface area (Å²) >= 11 is 0. The molecule has 7 nitrogen and oxygen atoms in total. The Morgan fingerprint density at radius 3 is 2.16 bits per heavy atom. The molecule has 0 aromatic heterocycles. The SMILES string of the molecule is C=C(CC(CO)OCCOCCOCCO)C(=O)O. The molecule has 0 spiro atoms. The second-order valence-electron chi connectivity index (χ2n) is 3.74. The predicted octanol–water partition coefficient (Wildman–Crippen LogP) is -0.580. The monoisotopic (exact) mass is 278 g/mol. The van der Waals surface area contributed by atoms with Gasteiger partial charge in [0.05, 0.1) is 52.4 Å². The summed E-state index contributed by atoms with van der Waals surface area (Å²) in [6, 6.07) is 0. The van der Waals surface area contributed by atoms with Crippen molar-refractivity contribution in [2.45, 2.75) is 12.5 Å². The van der Waals surface area contributed by atoms with Crippen LogP contribution in [0.3, 0.4) is 0 Å². The van der Waals surface area contributed by atoms with Crippen LogP contribution in [0.15, 0.2) is 12.2 Å². The fourth-order valence-electron chi connectivity index (χ4n) is 1.20. The third kappa shape index (κ3) is 10.6. The quantitative estimate of drug-likeness (QED) is 0.306. The summed E-state index contributed by atoms with van der Waals surface area (Å²) in [5, 5.41) is 26.1. The number of aliphatic hydroxyl groups excluding tert-OH is 2. The average molecular weight is 278 g/mol. The molecule has 3 N–H and O–H groups in total. The molecule has 0 radical (unpaired) electrons. The molecule has 0 aliphatic rings. The van der Waals surface area contributed by atoms with E-state index in [0.717, 1.165) is 0 Å². The molecule has 1 unspecified atom stereocenters. The summed E-state index contributed by atoms with van der Waals surface area (Å²) in [5.74, 6) is -1.10. The molecular weight excluding hydrogens is 256 g/mol. The van der Waals surface area contributed by atoms with E-state index < -0.39 is 12.1 Å². The summed E-state index contributed by atoms with van der Waals surface area (Å²) in [5.41, 5.74) is -0.00243. The van der Waals surface area contributed by atoms with E-state index in [1.807, 2.05) is 0 Å². The molecule has 19 heavy (non-hydrogen) atoms. The number of aliphatic hydroxyl groups is 2. The molecule has 1 atom stereocenters. The number of rotatable bonds is 13. The van der Waals surface area contributed by atoms with Crippen LogP contribution >= 0.6 is 0 Å². The van der Waals surface area contributed by atoms with Gasteiger partial charge in [-0.3, -0.25) is 0 Å². The highest BCUT2D eigenvalue weighted by Crippen LogP contribution is 2.06. The van der Waals surface area contributed by atoms with Crippen LogP contribution in [0.5, 0.6) is 0 Å². The first-order valence-corrected chi connectivity index (χ1v) is 6.01. The zero-order valence-corrected chi connectivity index (χ0v) is 10.9. The van der Waals surface area contributed by atoms with Crippen molar-refractivity contribution >= 4 is 5.97 Å². The van der Waals surface area contributed by atoms with Gasteiger partial charge in [0.15, 0.2) is 0 Å². The number of hydrogen-bond donors (Lipinski definition) is 3. The second kappa shape index (κ2) is 12.1. The molecule has 0 aromatic rings. The zero-order chi connectivity index (χ0) is 14.5. The lowest BCUT2D eigenvalue weighted by atomic mass is 10.1. The van der Waals surface area contributed by atoms with Gasteiger partial charge in [-0.15, -0.1) is 0 Å². The van der Waals surface area contributed by atoms with Crippen molar-refractivity contribution in [1.29, 1.82) is 0 Å². The molecular formula is C12H22O7. The maximum Gasteiger partial charge on any atom is 0.331 e. The average Bonchev–Trinajstić information content (AvgIpc) is 2.39. The second-order valence-corrected chi connectivity index (χ2v) is 3.74. The van der Waals surface area contributed by atoms with Crippen LogP contribution in [0, 0.1) is 0 Å². The molecule has 0 fully saturated rings. The fraction of sp³-hybridized carbons (Fsp3) is 0.750. The molecule has 0 aliphatic carbocycles. The van der Waals surface area contributed by atoms with Crippen LogP contribution in [-0.2, 0) is 19.0 Å². The summed E-state index contributed by atoms with van der Waals surface area (Å²) < 4.78 is 15.4. The van der Waals surface area contributed by atoms with Crippen LogP contribution in [0.25, 0.3) is 0 Å². The van der Waals surface area contributed by atoms with Crippen LogP contribution in [0.2, 0.25) is 0 Å². The molecule has 0 saturated heterocycles. The van der Waals surface area contributed by atoms with Crippen molar-refractivity contribution in [1.82, 2.24) is 0 Å². The summed E-state index contributed by atoms with van der Waals surface area (Å²) in [6.07, 6.45) is -0.510. The van der Waals surface area contributed by atoms with Gasteiger partial charge in [-0.05, 0) is 0 Å². The Balaban J connectivity index is 3.51. The number of hydrogen-bond acceptors (Lipinski definition) is 6. The van der Waals surface area contributed by atoms with Gasteiger partial charge in [0.1, 0.15) is 0 Å². The van der Waals surface area contributed by atoms with Gasteiger partial charge in [-0.2, -0.15) is 0 Å². The van der Waals surface area contributed by atoms with Gasteiger partial charge in [0.2, 0.25) is 0 Å². The van der Waals surface area contributed by atoms with Gasteiger partial charge in [0, 0.05) is 12.0 Å². The Bertz CT molecular complexity index is 254. The number of carboxylic acids is 1. The van der Waals surface area contributed by atoms with Crippen molar-refractivity contribution in [2.75, 3.05) is 46.2 Å². The van der Waals surface area contributed by atoms with Crippen LogP contribution < -0.4 is 0 Å². The van der Waals surface area contributed by atoms with E-state index in [-0.39, 0.29) is 38.4 Å². The van der Waals surface area contributed by atoms with E-state index in [1.165, 1.54) is 0 Å². The van der Waals surface area contributed by atoms with Crippen molar-refractivity contribution in [3.63, 3.8) is 0 Å². The maximum atomic E-state index is 10.6. The number of carbonyl (C=O) groups is 1. The van der Waals surface area contributed by atoms with E-state index >= 15 is 0 Å². The third-order valence-electron chi connectivity index (χ3n) is 2.17. The summed E-state index contributed by atoms with van der Waals surface area (Å²) in [7, 11) is 0. The standard InChI is InChI=1S/C12H22O7/c1-10(12(15)16)8-11(9-14)19-7-6-18-5-4-17-3-2-13/h11,13-14H,1-9H2,(H,15,16). The highest BCUT2D eigenvalue weighted by Gasteiger charge is 2.13. The lowest BCUT2D eigenvalue weighted by Gasteiger charge is -2.15. The predicted molar refractivity (Wildman–Crippen MR) is 66.9 cm³/mol. The van der Waals surface area contributed by atoms with Crippen molar-refractivity contribution < 1.29 is 34.3 Å². The molecule has 0 bridgehead atoms. The smallest absolute Gasteiger partial charge is 0.331 e. The highest BCUT2D eigenvalue weighted by molar-refractivity contribution is 5.85. The first-order valence-electron chi connectivity index (χ1n) is 6.01. The van der Waals surface area contributed by atoms with E-state index in [1.54, 1.807) is 0 Å². The minimum atomic E-state index is -1.10. The number of aliphatic carboxylic acids is 1.